The molecule has 0 aliphatic rings. The fourth-order valence-corrected chi connectivity index (χ4v) is 1.47. The number of hydrogen-bond acceptors (Lipinski definition) is 4. The average molecular weight is 345 g/mol. The van der Waals surface area contributed by atoms with Crippen LogP contribution in [0.3, 0.4) is 0 Å². The molecule has 0 amide bonds. The normalized spacial score (nSPS) is 14.4. The van der Waals surface area contributed by atoms with Crippen LogP contribution in [0.25, 0.3) is 0 Å². The Bertz CT molecular complexity index is 53.3. The Balaban J connectivity index is 2.86. The minimum atomic E-state index is -0.308. The molecule has 0 saturated carbocycles. The first kappa shape index (κ1) is 9.26. The molecule has 0 aromatic rings. The number of halogens is 2. The van der Waals surface area contributed by atoms with Gasteiger partial charge in [-0.25, -0.2) is 0 Å². The summed E-state index contributed by atoms with van der Waals surface area (Å²) in [4.78, 5) is 0. The molecule has 0 radical (unpaired) electrons. The van der Waals surface area contributed by atoms with E-state index in [4.69, 9.17) is 5.73 Å². The molecule has 8 heavy (non-hydrogen) atoms. The standard InChI is InChI=1S/CH7I2N4O/c2-5-7(8)6-3-1-4/h5-7H,1,4H2/q-1. The summed E-state index contributed by atoms with van der Waals surface area (Å²) in [7, 11) is 0. The van der Waals surface area contributed by atoms with Crippen LogP contribution >= 0.6 is 22.9 Å². The molecule has 52 valence electrons. The van der Waals surface area contributed by atoms with Crippen LogP contribution in [0.4, 0.5) is 0 Å². The molecule has 0 spiro atoms. The van der Waals surface area contributed by atoms with Gasteiger partial charge in [-0.05, 0) is 0 Å². The molecule has 0 rings (SSSR count). The van der Waals surface area contributed by atoms with Crippen molar-refractivity contribution in [3.05, 3.63) is 5.21 Å². The summed E-state index contributed by atoms with van der Waals surface area (Å²) >= 11 is 1.46. The van der Waals surface area contributed by atoms with E-state index in [0.717, 1.165) is 0 Å². The Morgan fingerprint density at radius 3 is 2.88 bits per heavy atom. The zero-order chi connectivity index (χ0) is 6.41. The topological polar surface area (TPSA) is 77.6 Å². The fourth-order valence-electron chi connectivity index (χ4n) is 0.117. The molecular formula is CH7I2N4O-. The van der Waals surface area contributed by atoms with Gasteiger partial charge in [-0.3, -0.25) is 0 Å². The molecule has 0 saturated heterocycles. The van der Waals surface area contributed by atoms with Crippen LogP contribution in [0.5, 0.6) is 0 Å². The van der Waals surface area contributed by atoms with Crippen molar-refractivity contribution in [1.82, 2.24) is 7.28 Å². The summed E-state index contributed by atoms with van der Waals surface area (Å²) < 4.78 is 5.59. The van der Waals surface area contributed by atoms with Gasteiger partial charge >= 0.3 is 72.4 Å². The third-order valence-corrected chi connectivity index (χ3v) is 2.12. The van der Waals surface area contributed by atoms with E-state index < -0.39 is 0 Å². The Morgan fingerprint density at radius 1 is 1.88 bits per heavy atom. The second-order valence-electron chi connectivity index (χ2n) is 0.806. The molecule has 0 aliphatic carbocycles. The zero-order valence-corrected chi connectivity index (χ0v) is 8.26. The van der Waals surface area contributed by atoms with Crippen LogP contribution in [0.15, 0.2) is 0 Å². The second kappa shape index (κ2) is 6.38. The zero-order valence-electron chi connectivity index (χ0n) is 3.95. The fraction of sp³-hybridized carbons (Fsp3) is 1.00. The number of alkyl halides is 1. The first-order valence-electron chi connectivity index (χ1n) is 1.76. The third-order valence-electron chi connectivity index (χ3n) is 0.316. The maximum absolute atomic E-state index is 10.3. The minimum absolute atomic E-state index is 0.149. The van der Waals surface area contributed by atoms with Crippen molar-refractivity contribution < 1.29 is 26.8 Å². The number of quaternary nitrogens is 1. The molecule has 0 aliphatic heterocycles. The van der Waals surface area contributed by atoms with Crippen LogP contribution < -0.4 is 39.8 Å². The van der Waals surface area contributed by atoms with E-state index >= 15 is 0 Å². The molecule has 0 fully saturated rings. The van der Waals surface area contributed by atoms with E-state index in [0.29, 0.717) is 4.55 Å². The van der Waals surface area contributed by atoms with E-state index in [-0.39, 0.29) is 26.8 Å². The first-order valence-corrected chi connectivity index (χ1v) is 5.44. The summed E-state index contributed by atoms with van der Waals surface area (Å²) in [6.45, 7) is 0. The van der Waals surface area contributed by atoms with Gasteiger partial charge < -0.3 is 0 Å². The molecule has 7 heteroatoms. The van der Waals surface area contributed by atoms with Crippen molar-refractivity contribution in [2.45, 2.75) is 0 Å². The summed E-state index contributed by atoms with van der Waals surface area (Å²) in [5, 5.41) is 10.2. The van der Waals surface area contributed by atoms with Gasteiger partial charge in [0.1, 0.15) is 0 Å². The van der Waals surface area contributed by atoms with E-state index in [1.807, 2.05) is 0 Å². The third kappa shape index (κ3) is 5.40. The molecule has 0 bridgehead atoms. The SMILES string of the molecule is NC[I-]N[NH+]([O-])NI. The van der Waals surface area contributed by atoms with E-state index in [1.54, 1.807) is 22.9 Å². The Hall–Kier alpha value is 1.26. The van der Waals surface area contributed by atoms with Gasteiger partial charge in [-0.15, -0.1) is 0 Å². The van der Waals surface area contributed by atoms with Crippen LogP contribution in [0.2, 0.25) is 0 Å². The maximum atomic E-state index is 10.3. The number of nitrogens with two attached hydrogens (primary N) is 1. The van der Waals surface area contributed by atoms with Crippen molar-refractivity contribution >= 4 is 22.9 Å². The molecule has 5 N–H and O–H groups in total. The van der Waals surface area contributed by atoms with Gasteiger partial charge in [0, 0.05) is 0 Å². The monoisotopic (exact) mass is 345 g/mol. The first-order chi connectivity index (χ1) is 3.81. The van der Waals surface area contributed by atoms with Gasteiger partial charge in [0.05, 0.1) is 0 Å². The van der Waals surface area contributed by atoms with E-state index in [1.165, 1.54) is 0 Å². The molecule has 5 nitrogen and oxygen atoms in total. The van der Waals surface area contributed by atoms with Gasteiger partial charge in [-0.2, -0.15) is 0 Å². The van der Waals surface area contributed by atoms with Crippen molar-refractivity contribution in [1.29, 1.82) is 0 Å². The van der Waals surface area contributed by atoms with E-state index in [9.17, 15) is 5.21 Å². The Kier molecular flexibility index (Phi) is 7.39. The van der Waals surface area contributed by atoms with Gasteiger partial charge in [0.25, 0.3) is 0 Å². The predicted molar refractivity (Wildman–Crippen MR) is 33.7 cm³/mol. The molecule has 1 unspecified atom stereocenters. The van der Waals surface area contributed by atoms with Gasteiger partial charge in [0.15, 0.2) is 0 Å². The van der Waals surface area contributed by atoms with Crippen LogP contribution in [0, 0.1) is 5.21 Å². The van der Waals surface area contributed by atoms with E-state index in [2.05, 4.69) is 7.28 Å². The predicted octanol–water partition coefficient (Wildman–Crippen LogP) is -5.35. The molecule has 0 heterocycles. The summed E-state index contributed by atoms with van der Waals surface area (Å²) in [6.07, 6.45) is 0. The van der Waals surface area contributed by atoms with Gasteiger partial charge in [-0.1, -0.05) is 0 Å². The van der Waals surface area contributed by atoms with Crippen molar-refractivity contribution in [2.24, 2.45) is 5.73 Å². The molecular weight excluding hydrogens is 338 g/mol. The molecule has 1 atom stereocenters. The molecule has 0 aromatic heterocycles. The summed E-state index contributed by atoms with van der Waals surface area (Å²) in [5.41, 5.74) is 5.14. The quantitative estimate of drug-likeness (QED) is 0.135. The molecule has 0 aromatic carbocycles. The number of rotatable bonds is 4. The Labute approximate surface area is 72.0 Å². The van der Waals surface area contributed by atoms with Gasteiger partial charge in [0.2, 0.25) is 0 Å². The summed E-state index contributed by atoms with van der Waals surface area (Å²) in [5.74, 6) is 0. The number of hydrogen-bond donors (Lipinski definition) is 4. The second-order valence-corrected chi connectivity index (χ2v) is 3.53. The van der Waals surface area contributed by atoms with Crippen LogP contribution in [0.1, 0.15) is 0 Å². The summed E-state index contributed by atoms with van der Waals surface area (Å²) in [6, 6.07) is 0. The Morgan fingerprint density at radius 2 is 2.50 bits per heavy atom. The van der Waals surface area contributed by atoms with Crippen LogP contribution in [-0.2, 0) is 0 Å². The average Bonchev–Trinajstić information content (AvgIpc) is 1.83. The van der Waals surface area contributed by atoms with Crippen molar-refractivity contribution in [2.75, 3.05) is 4.55 Å². The van der Waals surface area contributed by atoms with Crippen LogP contribution in [-0.4, -0.2) is 4.55 Å². The van der Waals surface area contributed by atoms with Crippen molar-refractivity contribution in [3.63, 3.8) is 0 Å². The number of nitrogens with one attached hydrogen (secondary N) is 3. The van der Waals surface area contributed by atoms with Crippen molar-refractivity contribution in [3.8, 4) is 0 Å².